The fraction of sp³-hybridized carbons (Fsp3) is 0.458. The van der Waals surface area contributed by atoms with Gasteiger partial charge in [-0.25, -0.2) is 4.98 Å². The molecule has 1 atom stereocenters. The molecule has 31 heavy (non-hydrogen) atoms. The molecule has 0 aliphatic heterocycles. The third kappa shape index (κ3) is 5.85. The molecule has 170 valence electrons. The van der Waals surface area contributed by atoms with Gasteiger partial charge in [-0.2, -0.15) is 0 Å². The average molecular weight is 466 g/mol. The van der Waals surface area contributed by atoms with Gasteiger partial charge in [-0.1, -0.05) is 63.4 Å². The van der Waals surface area contributed by atoms with Crippen LogP contribution in [0.15, 0.2) is 30.4 Å². The van der Waals surface area contributed by atoms with Crippen LogP contribution in [-0.4, -0.2) is 27.9 Å². The lowest BCUT2D eigenvalue weighted by molar-refractivity contribution is 0.224. The Kier molecular flexibility index (Phi) is 9.94. The highest BCUT2D eigenvalue weighted by atomic mass is 35.5. The highest BCUT2D eigenvalue weighted by Gasteiger charge is 2.19. The number of aromatic nitrogens is 2. The van der Waals surface area contributed by atoms with Gasteiger partial charge >= 0.3 is 0 Å². The van der Waals surface area contributed by atoms with Crippen molar-refractivity contribution in [1.29, 1.82) is 0 Å². The first-order valence-corrected chi connectivity index (χ1v) is 11.7. The summed E-state index contributed by atoms with van der Waals surface area (Å²) in [5.41, 5.74) is 1.67. The molecule has 0 fully saturated rings. The first-order valence-electron chi connectivity index (χ1n) is 10.9. The Hall–Kier alpha value is -1.95. The van der Waals surface area contributed by atoms with Crippen molar-refractivity contribution < 1.29 is 9.84 Å². The highest BCUT2D eigenvalue weighted by molar-refractivity contribution is 6.47. The first kappa shape index (κ1) is 25.3. The fourth-order valence-corrected chi connectivity index (χ4v) is 3.86. The minimum Gasteiger partial charge on any atom is -0.497 e. The molecule has 2 N–H and O–H groups in total. The number of allylic oxidation sites excluding steroid dienone is 2. The molecule has 0 saturated carbocycles. The third-order valence-corrected chi connectivity index (χ3v) is 5.66. The summed E-state index contributed by atoms with van der Waals surface area (Å²) in [4.78, 5) is 4.80. The molecular formula is C24H33Cl2N3O2. The van der Waals surface area contributed by atoms with Crippen LogP contribution in [0, 0.1) is 0 Å². The van der Waals surface area contributed by atoms with Gasteiger partial charge in [0.25, 0.3) is 0 Å². The molecule has 5 nitrogen and oxygen atoms in total. The van der Waals surface area contributed by atoms with Crippen LogP contribution < -0.4 is 20.8 Å². The number of nitrogens with zero attached hydrogens (tertiary/aromatic N) is 2. The fourth-order valence-electron chi connectivity index (χ4n) is 3.42. The summed E-state index contributed by atoms with van der Waals surface area (Å²) in [6.45, 7) is 8.88. The Labute approximate surface area is 195 Å². The number of unbranched alkanes of at least 4 members (excludes halogenated alkanes) is 1. The number of halogens is 2. The number of ether oxygens (including phenoxy) is 1. The van der Waals surface area contributed by atoms with Crippen molar-refractivity contribution in [3.8, 4) is 5.75 Å². The molecule has 1 aromatic carbocycles. The maximum atomic E-state index is 10.7. The van der Waals surface area contributed by atoms with Gasteiger partial charge in [0, 0.05) is 12.6 Å². The molecule has 1 aliphatic rings. The van der Waals surface area contributed by atoms with E-state index in [1.54, 1.807) is 13.2 Å². The van der Waals surface area contributed by atoms with Gasteiger partial charge < -0.3 is 19.7 Å². The molecule has 0 spiro atoms. The second kappa shape index (κ2) is 12.2. The van der Waals surface area contributed by atoms with Crippen LogP contribution in [0.25, 0.3) is 10.6 Å². The Balaban J connectivity index is 0.00000166. The normalized spacial score (nSPS) is 13.8. The number of hydrogen-bond acceptors (Lipinski definition) is 4. The monoisotopic (exact) mass is 465 g/mol. The quantitative estimate of drug-likeness (QED) is 0.551. The zero-order valence-corrected chi connectivity index (χ0v) is 20.5. The van der Waals surface area contributed by atoms with Crippen molar-refractivity contribution in [2.75, 3.05) is 12.4 Å². The van der Waals surface area contributed by atoms with Crippen LogP contribution in [0.3, 0.4) is 0 Å². The number of rotatable bonds is 8. The van der Waals surface area contributed by atoms with E-state index in [2.05, 4.69) is 16.8 Å². The van der Waals surface area contributed by atoms with Gasteiger partial charge in [0.1, 0.15) is 11.1 Å². The number of aliphatic hydroxyl groups excluding tert-OH is 1. The van der Waals surface area contributed by atoms with Crippen molar-refractivity contribution in [1.82, 2.24) is 9.55 Å². The summed E-state index contributed by atoms with van der Waals surface area (Å²) in [5, 5.41) is 16.7. The molecule has 1 aromatic heterocycles. The maximum absolute atomic E-state index is 10.7. The van der Waals surface area contributed by atoms with Crippen LogP contribution >= 0.6 is 23.2 Å². The van der Waals surface area contributed by atoms with E-state index in [0.717, 1.165) is 36.0 Å². The highest BCUT2D eigenvalue weighted by Crippen LogP contribution is 2.28. The zero-order valence-electron chi connectivity index (χ0n) is 19.0. The van der Waals surface area contributed by atoms with Crippen molar-refractivity contribution in [3.63, 3.8) is 0 Å². The van der Waals surface area contributed by atoms with Crippen LogP contribution in [-0.2, 0) is 6.54 Å². The predicted molar refractivity (Wildman–Crippen MR) is 132 cm³/mol. The summed E-state index contributed by atoms with van der Waals surface area (Å²) in [6, 6.07) is 5.47. The number of methoxy groups -OCH3 is 1. The van der Waals surface area contributed by atoms with E-state index in [9.17, 15) is 5.11 Å². The topological polar surface area (TPSA) is 59.3 Å². The van der Waals surface area contributed by atoms with Gasteiger partial charge in [0.15, 0.2) is 0 Å². The van der Waals surface area contributed by atoms with Crippen LogP contribution in [0.4, 0.5) is 11.6 Å². The molecule has 1 heterocycles. The molecule has 0 saturated heterocycles. The second-order valence-corrected chi connectivity index (χ2v) is 7.83. The second-order valence-electron chi connectivity index (χ2n) is 7.01. The predicted octanol–water partition coefficient (Wildman–Crippen LogP) is 5.34. The number of imidazole rings is 1. The Bertz CT molecular complexity index is 1030. The largest absolute Gasteiger partial charge is 0.497 e. The SMILES string of the molecule is CC.CCCCn1c(Nc2ccc(OC)cc2Cl)nc2c1=C(C(O)CC)CC=CC=2Cl. The molecule has 7 heteroatoms. The standard InChI is InChI=1S/C22H27Cl2N3O2.C2H6/c1-4-6-12-27-21-15(19(28)5-2)8-7-9-16(23)20(21)26-22(27)25-18-11-10-14(29-3)13-17(18)24;1-2/h7,9-11,13,19,28H,4-6,8,12H2,1-3H3,(H,25,26);1-2H3. The third-order valence-electron chi connectivity index (χ3n) is 5.05. The number of aliphatic hydroxyl groups is 1. The van der Waals surface area contributed by atoms with E-state index in [1.165, 1.54) is 0 Å². The van der Waals surface area contributed by atoms with Gasteiger partial charge in [0.2, 0.25) is 5.95 Å². The summed E-state index contributed by atoms with van der Waals surface area (Å²) >= 11 is 13.0. The molecule has 0 bridgehead atoms. The zero-order chi connectivity index (χ0) is 23.0. The summed E-state index contributed by atoms with van der Waals surface area (Å²) in [5.74, 6) is 1.35. The lowest BCUT2D eigenvalue weighted by Gasteiger charge is -2.15. The van der Waals surface area contributed by atoms with E-state index < -0.39 is 6.10 Å². The van der Waals surface area contributed by atoms with E-state index in [0.29, 0.717) is 39.9 Å². The van der Waals surface area contributed by atoms with E-state index >= 15 is 0 Å². The molecule has 1 unspecified atom stereocenters. The molecule has 3 rings (SSSR count). The van der Waals surface area contributed by atoms with Crippen molar-refractivity contribution in [3.05, 3.63) is 46.1 Å². The molecule has 1 aliphatic carbocycles. The van der Waals surface area contributed by atoms with Gasteiger partial charge in [0.05, 0.1) is 34.3 Å². The summed E-state index contributed by atoms with van der Waals surface area (Å²) in [6.07, 6.45) is 6.58. The van der Waals surface area contributed by atoms with Crippen molar-refractivity contribution in [2.45, 2.75) is 66.0 Å². The van der Waals surface area contributed by atoms with Crippen molar-refractivity contribution in [2.24, 2.45) is 0 Å². The van der Waals surface area contributed by atoms with Gasteiger partial charge in [-0.3, -0.25) is 0 Å². The average Bonchev–Trinajstić information content (AvgIpc) is 3.06. The lowest BCUT2D eigenvalue weighted by atomic mass is 10.0. The molecule has 0 radical (unpaired) electrons. The van der Waals surface area contributed by atoms with E-state index in [4.69, 9.17) is 32.9 Å². The lowest BCUT2D eigenvalue weighted by Crippen LogP contribution is -2.36. The Morgan fingerprint density at radius 3 is 2.61 bits per heavy atom. The Morgan fingerprint density at radius 1 is 1.26 bits per heavy atom. The first-order chi connectivity index (χ1) is 15.0. The summed E-state index contributed by atoms with van der Waals surface area (Å²) < 4.78 is 7.35. The molecular weight excluding hydrogens is 433 g/mol. The number of anilines is 2. The minimum atomic E-state index is -0.546. The molecule has 2 aromatic rings. The van der Waals surface area contributed by atoms with Crippen LogP contribution in [0.1, 0.15) is 53.4 Å². The number of nitrogens with one attached hydrogen (secondary N) is 1. The summed E-state index contributed by atoms with van der Waals surface area (Å²) in [7, 11) is 1.61. The van der Waals surface area contributed by atoms with Gasteiger partial charge in [-0.15, -0.1) is 0 Å². The molecule has 0 amide bonds. The Morgan fingerprint density at radius 2 is 2.00 bits per heavy atom. The smallest absolute Gasteiger partial charge is 0.208 e. The van der Waals surface area contributed by atoms with Crippen LogP contribution in [0.5, 0.6) is 5.75 Å². The van der Waals surface area contributed by atoms with E-state index in [-0.39, 0.29) is 0 Å². The number of hydrogen-bond donors (Lipinski definition) is 2. The maximum Gasteiger partial charge on any atom is 0.208 e. The number of benzene rings is 1. The van der Waals surface area contributed by atoms with Gasteiger partial charge in [-0.05, 0) is 43.0 Å². The van der Waals surface area contributed by atoms with Crippen molar-refractivity contribution >= 4 is 45.4 Å². The minimum absolute atomic E-state index is 0.539. The van der Waals surface area contributed by atoms with Crippen LogP contribution in [0.2, 0.25) is 5.02 Å². The van der Waals surface area contributed by atoms with E-state index in [1.807, 2.05) is 45.1 Å². The number of fused-ring (bicyclic) bond motifs is 1.